The molecule has 5 nitrogen and oxygen atoms in total. The van der Waals surface area contributed by atoms with E-state index in [1.54, 1.807) is 12.1 Å². The van der Waals surface area contributed by atoms with E-state index < -0.39 is 17.6 Å². The number of nitrogens with zero attached hydrogens (tertiary/aromatic N) is 1. The summed E-state index contributed by atoms with van der Waals surface area (Å²) in [5.74, 6) is -1.90. The van der Waals surface area contributed by atoms with Crippen LogP contribution >= 0.6 is 0 Å². The first-order chi connectivity index (χ1) is 10.6. The number of rotatable bonds is 3. The van der Waals surface area contributed by atoms with Gasteiger partial charge in [-0.1, -0.05) is 12.1 Å². The first-order valence-electron chi connectivity index (χ1n) is 6.71. The number of aliphatic hydroxyl groups is 1. The van der Waals surface area contributed by atoms with E-state index in [0.717, 1.165) is 4.90 Å². The quantitative estimate of drug-likeness (QED) is 0.668. The molecule has 2 aromatic rings. The van der Waals surface area contributed by atoms with Crippen molar-refractivity contribution >= 4 is 23.2 Å². The summed E-state index contributed by atoms with van der Waals surface area (Å²) in [6, 6.07) is 9.06. The maximum Gasteiger partial charge on any atom is 0.266 e. The first-order valence-corrected chi connectivity index (χ1v) is 6.71. The van der Waals surface area contributed by atoms with Crippen molar-refractivity contribution in [3.63, 3.8) is 0 Å². The van der Waals surface area contributed by atoms with Crippen molar-refractivity contribution in [2.24, 2.45) is 0 Å². The number of anilines is 2. The molecule has 6 heteroatoms. The highest BCUT2D eigenvalue weighted by Gasteiger charge is 2.38. The molecule has 0 bridgehead atoms. The molecule has 22 heavy (non-hydrogen) atoms. The van der Waals surface area contributed by atoms with Crippen LogP contribution in [0.25, 0.3) is 0 Å². The molecule has 2 amide bonds. The summed E-state index contributed by atoms with van der Waals surface area (Å²) in [5.41, 5.74) is 6.29. The molecule has 0 fully saturated rings. The van der Waals surface area contributed by atoms with E-state index in [9.17, 15) is 14.0 Å². The summed E-state index contributed by atoms with van der Waals surface area (Å²) in [6.07, 6.45) is 0.00861. The minimum absolute atomic E-state index is 0.00861. The van der Waals surface area contributed by atoms with Crippen LogP contribution in [0.5, 0.6) is 0 Å². The van der Waals surface area contributed by atoms with Crippen molar-refractivity contribution in [1.82, 2.24) is 0 Å². The number of amides is 2. The lowest BCUT2D eigenvalue weighted by Crippen LogP contribution is -2.30. The highest BCUT2D eigenvalue weighted by Crippen LogP contribution is 2.33. The number of hydrogen-bond acceptors (Lipinski definition) is 4. The summed E-state index contributed by atoms with van der Waals surface area (Å²) in [4.78, 5) is 25.5. The summed E-state index contributed by atoms with van der Waals surface area (Å²) < 4.78 is 14.6. The second-order valence-electron chi connectivity index (χ2n) is 4.93. The van der Waals surface area contributed by atoms with E-state index in [0.29, 0.717) is 0 Å². The molecule has 2 aromatic carbocycles. The molecule has 0 aromatic heterocycles. The van der Waals surface area contributed by atoms with Crippen molar-refractivity contribution in [3.8, 4) is 0 Å². The van der Waals surface area contributed by atoms with Crippen molar-refractivity contribution in [3.05, 3.63) is 58.9 Å². The van der Waals surface area contributed by atoms with Crippen LogP contribution in [0.2, 0.25) is 0 Å². The van der Waals surface area contributed by atoms with Crippen molar-refractivity contribution < 1.29 is 19.1 Å². The van der Waals surface area contributed by atoms with E-state index in [-0.39, 0.29) is 41.1 Å². The average molecular weight is 300 g/mol. The third-order valence-corrected chi connectivity index (χ3v) is 3.66. The third kappa shape index (κ3) is 1.96. The van der Waals surface area contributed by atoms with Gasteiger partial charge < -0.3 is 10.8 Å². The summed E-state index contributed by atoms with van der Waals surface area (Å²) >= 11 is 0. The Hall–Kier alpha value is -2.73. The molecule has 0 saturated heterocycles. The minimum Gasteiger partial charge on any atom is -0.398 e. The lowest BCUT2D eigenvalue weighted by Gasteiger charge is -2.17. The lowest BCUT2D eigenvalue weighted by atomic mass is 10.1. The molecule has 112 valence electrons. The highest BCUT2D eigenvalue weighted by atomic mass is 19.1. The standard InChI is InChI=1S/C16H13FN2O3/c17-14-11(7-8-20)12(18)5-6-13(14)19-15(21)9-3-1-2-4-10(9)16(19)22/h1-6,20H,7-8,18H2. The molecule has 0 spiro atoms. The van der Waals surface area contributed by atoms with E-state index >= 15 is 0 Å². The van der Waals surface area contributed by atoms with Crippen LogP contribution in [0, 0.1) is 5.82 Å². The minimum atomic E-state index is -0.761. The van der Waals surface area contributed by atoms with Crippen molar-refractivity contribution in [2.75, 3.05) is 17.2 Å². The molecule has 0 unspecified atom stereocenters. The fourth-order valence-corrected chi connectivity index (χ4v) is 2.57. The number of aliphatic hydroxyl groups excluding tert-OH is 1. The number of carbonyl (C=O) groups excluding carboxylic acids is 2. The molecule has 0 radical (unpaired) electrons. The fourth-order valence-electron chi connectivity index (χ4n) is 2.57. The predicted molar refractivity (Wildman–Crippen MR) is 79.2 cm³/mol. The SMILES string of the molecule is Nc1ccc(N2C(=O)c3ccccc3C2=O)c(F)c1CCO. The smallest absolute Gasteiger partial charge is 0.266 e. The largest absolute Gasteiger partial charge is 0.398 e. The van der Waals surface area contributed by atoms with Crippen molar-refractivity contribution in [1.29, 1.82) is 0 Å². The normalized spacial score (nSPS) is 13.6. The van der Waals surface area contributed by atoms with Gasteiger partial charge in [0.1, 0.15) is 0 Å². The maximum absolute atomic E-state index is 14.6. The van der Waals surface area contributed by atoms with Gasteiger partial charge in [0, 0.05) is 24.3 Å². The van der Waals surface area contributed by atoms with Gasteiger partial charge in [0.15, 0.2) is 5.82 Å². The Bertz CT molecular complexity index is 754. The van der Waals surface area contributed by atoms with Crippen LogP contribution in [-0.4, -0.2) is 23.5 Å². The van der Waals surface area contributed by atoms with Crippen molar-refractivity contribution in [2.45, 2.75) is 6.42 Å². The predicted octanol–water partition coefficient (Wildman–Crippen LogP) is 1.74. The monoisotopic (exact) mass is 300 g/mol. The molecular formula is C16H13FN2O3. The van der Waals surface area contributed by atoms with Crippen LogP contribution in [0.15, 0.2) is 36.4 Å². The van der Waals surface area contributed by atoms with Crippen LogP contribution in [0.1, 0.15) is 26.3 Å². The molecule has 3 N–H and O–H groups in total. The van der Waals surface area contributed by atoms with Gasteiger partial charge in [-0.15, -0.1) is 0 Å². The Kier molecular flexibility index (Phi) is 3.38. The Balaban J connectivity index is 2.12. The van der Waals surface area contributed by atoms with Gasteiger partial charge >= 0.3 is 0 Å². The Morgan fingerprint density at radius 1 is 1.05 bits per heavy atom. The third-order valence-electron chi connectivity index (χ3n) is 3.66. The Morgan fingerprint density at radius 3 is 2.18 bits per heavy atom. The van der Waals surface area contributed by atoms with E-state index in [2.05, 4.69) is 0 Å². The number of hydrogen-bond donors (Lipinski definition) is 2. The zero-order valence-electron chi connectivity index (χ0n) is 11.5. The van der Waals surface area contributed by atoms with Crippen LogP contribution in [0.3, 0.4) is 0 Å². The average Bonchev–Trinajstić information content (AvgIpc) is 2.77. The topological polar surface area (TPSA) is 83.6 Å². The van der Waals surface area contributed by atoms with Gasteiger partial charge in [-0.3, -0.25) is 9.59 Å². The summed E-state index contributed by atoms with van der Waals surface area (Å²) in [7, 11) is 0. The van der Waals surface area contributed by atoms with Gasteiger partial charge in [-0.05, 0) is 24.3 Å². The zero-order valence-corrected chi connectivity index (χ0v) is 11.5. The Labute approximate surface area is 125 Å². The van der Waals surface area contributed by atoms with Gasteiger partial charge in [-0.25, -0.2) is 9.29 Å². The maximum atomic E-state index is 14.6. The number of benzene rings is 2. The number of nitrogens with two attached hydrogens (primary N) is 1. The number of nitrogen functional groups attached to an aromatic ring is 1. The molecule has 0 aliphatic carbocycles. The number of halogens is 1. The lowest BCUT2D eigenvalue weighted by molar-refractivity contribution is 0.0925. The zero-order chi connectivity index (χ0) is 15.9. The van der Waals surface area contributed by atoms with Gasteiger partial charge in [0.05, 0.1) is 16.8 Å². The number of imide groups is 1. The Morgan fingerprint density at radius 2 is 1.64 bits per heavy atom. The number of fused-ring (bicyclic) bond motifs is 1. The second kappa shape index (κ2) is 5.23. The van der Waals surface area contributed by atoms with Gasteiger partial charge in [-0.2, -0.15) is 0 Å². The molecule has 0 atom stereocenters. The van der Waals surface area contributed by atoms with E-state index in [1.807, 2.05) is 0 Å². The molecular weight excluding hydrogens is 287 g/mol. The van der Waals surface area contributed by atoms with E-state index in [1.165, 1.54) is 24.3 Å². The van der Waals surface area contributed by atoms with E-state index in [4.69, 9.17) is 10.8 Å². The van der Waals surface area contributed by atoms with Crippen LogP contribution in [-0.2, 0) is 6.42 Å². The molecule has 0 saturated carbocycles. The summed E-state index contributed by atoms with van der Waals surface area (Å²) in [5, 5.41) is 9.00. The highest BCUT2D eigenvalue weighted by molar-refractivity contribution is 6.34. The molecule has 3 rings (SSSR count). The summed E-state index contributed by atoms with van der Waals surface area (Å²) in [6.45, 7) is -0.285. The second-order valence-corrected chi connectivity index (χ2v) is 4.93. The van der Waals surface area contributed by atoms with Gasteiger partial charge in [0.25, 0.3) is 11.8 Å². The first kappa shape index (κ1) is 14.2. The van der Waals surface area contributed by atoms with Gasteiger partial charge in [0.2, 0.25) is 0 Å². The number of carbonyl (C=O) groups is 2. The van der Waals surface area contributed by atoms with Crippen LogP contribution in [0.4, 0.5) is 15.8 Å². The van der Waals surface area contributed by atoms with Crippen LogP contribution < -0.4 is 10.6 Å². The fraction of sp³-hybridized carbons (Fsp3) is 0.125. The molecule has 1 heterocycles. The molecule has 1 aliphatic rings. The molecule has 1 aliphatic heterocycles.